The summed E-state index contributed by atoms with van der Waals surface area (Å²) in [5.74, 6) is -0.320. The molecule has 4 heteroatoms. The summed E-state index contributed by atoms with van der Waals surface area (Å²) < 4.78 is 11.5. The predicted molar refractivity (Wildman–Crippen MR) is 67.0 cm³/mol. The number of rotatable bonds is 2. The Morgan fingerprint density at radius 3 is 2.50 bits per heavy atom. The van der Waals surface area contributed by atoms with Crippen LogP contribution >= 0.6 is 0 Å². The van der Waals surface area contributed by atoms with Gasteiger partial charge in [-0.1, -0.05) is 0 Å². The van der Waals surface area contributed by atoms with E-state index in [0.29, 0.717) is 19.6 Å². The average Bonchev–Trinajstić information content (AvgIpc) is 3.01. The molecule has 0 bridgehead atoms. The molecule has 1 aliphatic carbocycles. The molecule has 0 aromatic carbocycles. The molecule has 3 aliphatic rings. The molecule has 0 amide bonds. The van der Waals surface area contributed by atoms with Gasteiger partial charge in [0.05, 0.1) is 13.2 Å². The lowest BCUT2D eigenvalue weighted by molar-refractivity contribution is -0.166. The van der Waals surface area contributed by atoms with E-state index in [2.05, 4.69) is 4.90 Å². The van der Waals surface area contributed by atoms with Crippen LogP contribution in [0.1, 0.15) is 39.0 Å². The molecule has 0 N–H and O–H groups in total. The van der Waals surface area contributed by atoms with Gasteiger partial charge >= 0.3 is 0 Å². The number of ketones is 1. The lowest BCUT2D eigenvalue weighted by Gasteiger charge is -2.36. The summed E-state index contributed by atoms with van der Waals surface area (Å²) in [7, 11) is 0. The molecule has 2 heterocycles. The van der Waals surface area contributed by atoms with Crippen LogP contribution in [0.5, 0.6) is 0 Å². The molecule has 0 aromatic rings. The number of hydrogen-bond acceptors (Lipinski definition) is 4. The fourth-order valence-corrected chi connectivity index (χ4v) is 3.33. The third-order valence-electron chi connectivity index (χ3n) is 4.26. The van der Waals surface area contributed by atoms with Crippen molar-refractivity contribution in [2.24, 2.45) is 0 Å². The van der Waals surface area contributed by atoms with E-state index in [0.717, 1.165) is 31.5 Å². The van der Waals surface area contributed by atoms with E-state index in [-0.39, 0.29) is 5.78 Å². The molecule has 2 aliphatic heterocycles. The fourth-order valence-electron chi connectivity index (χ4n) is 3.33. The molecular formula is C14H21NO3. The average molecular weight is 251 g/mol. The number of carbonyl (C=O) groups is 1. The first-order chi connectivity index (χ1) is 8.70. The maximum absolute atomic E-state index is 11.9. The van der Waals surface area contributed by atoms with E-state index in [1.165, 1.54) is 18.5 Å². The lowest BCUT2D eigenvalue weighted by atomic mass is 9.88. The molecule has 100 valence electrons. The molecule has 1 spiro atoms. The summed E-state index contributed by atoms with van der Waals surface area (Å²) in [4.78, 5) is 14.3. The van der Waals surface area contributed by atoms with E-state index in [4.69, 9.17) is 9.47 Å². The van der Waals surface area contributed by atoms with Gasteiger partial charge in [0.15, 0.2) is 11.6 Å². The van der Waals surface area contributed by atoms with Crippen LogP contribution in [0.4, 0.5) is 0 Å². The van der Waals surface area contributed by atoms with Crippen LogP contribution in [-0.4, -0.2) is 42.8 Å². The zero-order valence-corrected chi connectivity index (χ0v) is 11.0. The maximum atomic E-state index is 11.9. The van der Waals surface area contributed by atoms with Gasteiger partial charge in [0, 0.05) is 37.2 Å². The largest absolute Gasteiger partial charge is 0.374 e. The lowest BCUT2D eigenvalue weighted by Crippen LogP contribution is -2.38. The number of likely N-dealkylation sites (tertiary alicyclic amines) is 1. The van der Waals surface area contributed by atoms with E-state index < -0.39 is 5.79 Å². The summed E-state index contributed by atoms with van der Waals surface area (Å²) in [5, 5.41) is 0. The molecular weight excluding hydrogens is 230 g/mol. The highest BCUT2D eigenvalue weighted by molar-refractivity contribution is 5.94. The van der Waals surface area contributed by atoms with Crippen LogP contribution in [0.3, 0.4) is 0 Å². The second-order valence-corrected chi connectivity index (χ2v) is 5.46. The Labute approximate surface area is 108 Å². The summed E-state index contributed by atoms with van der Waals surface area (Å²) in [6.07, 6.45) is 4.92. The molecule has 3 rings (SSSR count). The number of carbonyl (C=O) groups excluding carboxylic acids is 1. The van der Waals surface area contributed by atoms with E-state index in [9.17, 15) is 4.79 Å². The highest BCUT2D eigenvalue weighted by Gasteiger charge is 2.42. The van der Waals surface area contributed by atoms with Gasteiger partial charge in [-0.15, -0.1) is 0 Å². The Balaban J connectivity index is 1.86. The highest BCUT2D eigenvalue weighted by atomic mass is 16.7. The molecule has 18 heavy (non-hydrogen) atoms. The maximum Gasteiger partial charge on any atom is 0.173 e. The first kappa shape index (κ1) is 12.2. The van der Waals surface area contributed by atoms with Crippen LogP contribution < -0.4 is 0 Å². The third kappa shape index (κ3) is 2.08. The van der Waals surface area contributed by atoms with Crippen LogP contribution in [0.25, 0.3) is 0 Å². The molecule has 0 saturated carbocycles. The number of nitrogens with zero attached hydrogens (tertiary/aromatic N) is 1. The Morgan fingerprint density at radius 1 is 1.22 bits per heavy atom. The van der Waals surface area contributed by atoms with Crippen LogP contribution in [-0.2, 0) is 14.3 Å². The van der Waals surface area contributed by atoms with Crippen molar-refractivity contribution in [3.63, 3.8) is 0 Å². The standard InChI is InChI=1S/C14H21NO3/c1-11(16)12-10-14(17-8-9-18-14)5-4-13(12)15-6-2-3-7-15/h2-10H2,1H3. The Bertz CT molecular complexity index is 377. The second-order valence-electron chi connectivity index (χ2n) is 5.46. The van der Waals surface area contributed by atoms with Crippen molar-refractivity contribution >= 4 is 5.78 Å². The topological polar surface area (TPSA) is 38.8 Å². The van der Waals surface area contributed by atoms with Crippen LogP contribution in [0.15, 0.2) is 11.3 Å². The summed E-state index contributed by atoms with van der Waals surface area (Å²) in [5.41, 5.74) is 2.19. The predicted octanol–water partition coefficient (Wildman–Crippen LogP) is 1.85. The number of hydrogen-bond donors (Lipinski definition) is 0. The van der Waals surface area contributed by atoms with Crippen molar-refractivity contribution in [1.82, 2.24) is 4.90 Å². The Hall–Kier alpha value is -0.870. The summed E-state index contributed by atoms with van der Waals surface area (Å²) >= 11 is 0. The molecule has 2 fully saturated rings. The van der Waals surface area contributed by atoms with Gasteiger partial charge in [-0.3, -0.25) is 4.79 Å². The number of allylic oxidation sites excluding steroid dienone is 1. The van der Waals surface area contributed by atoms with Gasteiger partial charge in [0.2, 0.25) is 0 Å². The normalized spacial score (nSPS) is 27.3. The van der Waals surface area contributed by atoms with E-state index >= 15 is 0 Å². The van der Waals surface area contributed by atoms with Gasteiger partial charge in [-0.2, -0.15) is 0 Å². The van der Waals surface area contributed by atoms with Crippen molar-refractivity contribution in [3.8, 4) is 0 Å². The highest BCUT2D eigenvalue weighted by Crippen LogP contribution is 2.40. The van der Waals surface area contributed by atoms with Crippen LogP contribution in [0.2, 0.25) is 0 Å². The monoisotopic (exact) mass is 251 g/mol. The second kappa shape index (κ2) is 4.67. The molecule has 0 radical (unpaired) electrons. The Morgan fingerprint density at radius 2 is 1.89 bits per heavy atom. The minimum atomic E-state index is -0.496. The number of Topliss-reactive ketones (excluding diaryl/α,β-unsaturated/α-hetero) is 1. The zero-order chi connectivity index (χ0) is 12.6. The van der Waals surface area contributed by atoms with Crippen LogP contribution in [0, 0.1) is 0 Å². The van der Waals surface area contributed by atoms with Crippen molar-refractivity contribution in [2.45, 2.75) is 44.8 Å². The fraction of sp³-hybridized carbons (Fsp3) is 0.786. The number of ether oxygens (including phenoxy) is 2. The molecule has 0 unspecified atom stereocenters. The van der Waals surface area contributed by atoms with Gasteiger partial charge in [-0.25, -0.2) is 0 Å². The zero-order valence-electron chi connectivity index (χ0n) is 11.0. The minimum absolute atomic E-state index is 0.176. The van der Waals surface area contributed by atoms with Gasteiger partial charge in [-0.05, 0) is 26.2 Å². The molecule has 4 nitrogen and oxygen atoms in total. The SMILES string of the molecule is CC(=O)C1=C(N2CCCC2)CCC2(C1)OCCO2. The van der Waals surface area contributed by atoms with Gasteiger partial charge in [0.1, 0.15) is 0 Å². The summed E-state index contributed by atoms with van der Waals surface area (Å²) in [6, 6.07) is 0. The first-order valence-corrected chi connectivity index (χ1v) is 6.96. The summed E-state index contributed by atoms with van der Waals surface area (Å²) in [6.45, 7) is 5.18. The van der Waals surface area contributed by atoms with Crippen molar-refractivity contribution < 1.29 is 14.3 Å². The van der Waals surface area contributed by atoms with Gasteiger partial charge in [0.25, 0.3) is 0 Å². The first-order valence-electron chi connectivity index (χ1n) is 6.96. The molecule has 2 saturated heterocycles. The molecule has 0 atom stereocenters. The Kier molecular flexibility index (Phi) is 3.16. The van der Waals surface area contributed by atoms with E-state index in [1.807, 2.05) is 0 Å². The van der Waals surface area contributed by atoms with Crippen molar-refractivity contribution in [2.75, 3.05) is 26.3 Å². The van der Waals surface area contributed by atoms with Crippen molar-refractivity contribution in [1.29, 1.82) is 0 Å². The van der Waals surface area contributed by atoms with Crippen molar-refractivity contribution in [3.05, 3.63) is 11.3 Å². The van der Waals surface area contributed by atoms with E-state index in [1.54, 1.807) is 6.92 Å². The smallest absolute Gasteiger partial charge is 0.173 e. The third-order valence-corrected chi connectivity index (χ3v) is 4.26. The quantitative estimate of drug-likeness (QED) is 0.751. The molecule has 0 aromatic heterocycles. The minimum Gasteiger partial charge on any atom is -0.374 e. The van der Waals surface area contributed by atoms with Gasteiger partial charge < -0.3 is 14.4 Å².